The van der Waals surface area contributed by atoms with Crippen LogP contribution < -0.4 is 9.64 Å². The standard InChI is InChI=1S/C27H24ClNO4/c1-3-16-33-20-14-12-19(13-15-20)25(30)23-24(18-8-5-4-6-9-18)29(27(32)26(23)31)22-11-7-10-21(28)17(22)2/h4-15,24,30H,3,16H2,1-2H3/b25-23+. The lowest BCUT2D eigenvalue weighted by molar-refractivity contribution is -0.132. The van der Waals surface area contributed by atoms with Crippen molar-refractivity contribution in [2.45, 2.75) is 26.3 Å². The highest BCUT2D eigenvalue weighted by Crippen LogP contribution is 2.43. The first-order chi connectivity index (χ1) is 15.9. The van der Waals surface area contributed by atoms with Gasteiger partial charge < -0.3 is 9.84 Å². The topological polar surface area (TPSA) is 66.8 Å². The highest BCUT2D eigenvalue weighted by atomic mass is 35.5. The fourth-order valence-electron chi connectivity index (χ4n) is 3.97. The Morgan fingerprint density at radius 1 is 1.00 bits per heavy atom. The molecule has 3 aromatic carbocycles. The number of nitrogens with zero attached hydrogens (tertiary/aromatic N) is 1. The number of Topliss-reactive ketones (excluding diaryl/α,β-unsaturated/α-hetero) is 1. The fourth-order valence-corrected chi connectivity index (χ4v) is 4.14. The molecule has 4 rings (SSSR count). The molecule has 0 radical (unpaired) electrons. The molecule has 1 heterocycles. The second kappa shape index (κ2) is 9.51. The molecule has 1 unspecified atom stereocenters. The predicted molar refractivity (Wildman–Crippen MR) is 130 cm³/mol. The minimum atomic E-state index is -0.792. The van der Waals surface area contributed by atoms with Gasteiger partial charge in [-0.2, -0.15) is 0 Å². The molecular weight excluding hydrogens is 438 g/mol. The molecule has 5 nitrogen and oxygen atoms in total. The SMILES string of the molecule is CCCOc1ccc(/C(O)=C2\C(=O)C(=O)N(c3cccc(Cl)c3C)C2c2ccccc2)cc1. The van der Waals surface area contributed by atoms with Gasteiger partial charge in [0.25, 0.3) is 11.7 Å². The van der Waals surface area contributed by atoms with Crippen molar-refractivity contribution in [3.05, 3.63) is 100 Å². The number of hydrogen-bond acceptors (Lipinski definition) is 4. The van der Waals surface area contributed by atoms with E-state index in [0.717, 1.165) is 6.42 Å². The van der Waals surface area contributed by atoms with E-state index in [1.807, 2.05) is 37.3 Å². The molecule has 0 bridgehead atoms. The summed E-state index contributed by atoms with van der Waals surface area (Å²) in [7, 11) is 0. The molecule has 3 aromatic rings. The van der Waals surface area contributed by atoms with Crippen molar-refractivity contribution in [1.29, 1.82) is 0 Å². The second-order valence-electron chi connectivity index (χ2n) is 7.84. The quantitative estimate of drug-likeness (QED) is 0.275. The molecule has 1 amide bonds. The average Bonchev–Trinajstić information content (AvgIpc) is 3.10. The number of anilines is 1. The van der Waals surface area contributed by atoms with E-state index in [4.69, 9.17) is 16.3 Å². The summed E-state index contributed by atoms with van der Waals surface area (Å²) in [5, 5.41) is 11.7. The Kier molecular flexibility index (Phi) is 6.52. The molecule has 0 spiro atoms. The van der Waals surface area contributed by atoms with Gasteiger partial charge in [0.2, 0.25) is 0 Å². The molecule has 0 saturated carbocycles. The van der Waals surface area contributed by atoms with E-state index in [9.17, 15) is 14.7 Å². The highest BCUT2D eigenvalue weighted by molar-refractivity contribution is 6.52. The van der Waals surface area contributed by atoms with Gasteiger partial charge in [-0.05, 0) is 60.9 Å². The summed E-state index contributed by atoms with van der Waals surface area (Å²) in [5.74, 6) is -1.01. The van der Waals surface area contributed by atoms with E-state index in [0.29, 0.717) is 39.8 Å². The minimum Gasteiger partial charge on any atom is -0.507 e. The van der Waals surface area contributed by atoms with Crippen LogP contribution >= 0.6 is 11.6 Å². The number of ether oxygens (including phenoxy) is 1. The van der Waals surface area contributed by atoms with Gasteiger partial charge in [0.15, 0.2) is 0 Å². The maximum Gasteiger partial charge on any atom is 0.300 e. The van der Waals surface area contributed by atoms with E-state index in [2.05, 4.69) is 0 Å². The summed E-state index contributed by atoms with van der Waals surface area (Å²) in [5.41, 5.74) is 2.38. The normalized spacial score (nSPS) is 17.4. The Balaban J connectivity index is 1.87. The Labute approximate surface area is 197 Å². The van der Waals surface area contributed by atoms with Crippen LogP contribution in [0.5, 0.6) is 5.75 Å². The van der Waals surface area contributed by atoms with Crippen molar-refractivity contribution in [3.63, 3.8) is 0 Å². The molecule has 1 aliphatic rings. The molecule has 1 saturated heterocycles. The van der Waals surface area contributed by atoms with E-state index < -0.39 is 17.7 Å². The van der Waals surface area contributed by atoms with Crippen LogP contribution in [0.25, 0.3) is 5.76 Å². The lowest BCUT2D eigenvalue weighted by Gasteiger charge is -2.27. The summed E-state index contributed by atoms with van der Waals surface area (Å²) in [6.07, 6.45) is 0.880. The van der Waals surface area contributed by atoms with Crippen molar-refractivity contribution in [3.8, 4) is 5.75 Å². The first-order valence-electron chi connectivity index (χ1n) is 10.8. The zero-order chi connectivity index (χ0) is 23.5. The summed E-state index contributed by atoms with van der Waals surface area (Å²) >= 11 is 6.32. The second-order valence-corrected chi connectivity index (χ2v) is 8.24. The van der Waals surface area contributed by atoms with Gasteiger partial charge in [0, 0.05) is 16.3 Å². The molecule has 1 fully saturated rings. The predicted octanol–water partition coefficient (Wildman–Crippen LogP) is 6.06. The number of carbonyl (C=O) groups is 2. The highest BCUT2D eigenvalue weighted by Gasteiger charge is 2.47. The van der Waals surface area contributed by atoms with Gasteiger partial charge in [0.1, 0.15) is 11.5 Å². The number of benzene rings is 3. The van der Waals surface area contributed by atoms with Gasteiger partial charge in [-0.25, -0.2) is 0 Å². The average molecular weight is 462 g/mol. The van der Waals surface area contributed by atoms with Crippen LogP contribution in [0.1, 0.15) is 36.1 Å². The Bertz CT molecular complexity index is 1220. The van der Waals surface area contributed by atoms with Crippen LogP contribution in [0.4, 0.5) is 5.69 Å². The van der Waals surface area contributed by atoms with Crippen LogP contribution in [-0.4, -0.2) is 23.4 Å². The fraction of sp³-hybridized carbons (Fsp3) is 0.185. The Morgan fingerprint density at radius 3 is 2.36 bits per heavy atom. The molecule has 1 aliphatic heterocycles. The van der Waals surface area contributed by atoms with Gasteiger partial charge in [-0.15, -0.1) is 0 Å². The number of halogens is 1. The third-order valence-electron chi connectivity index (χ3n) is 5.66. The molecule has 0 aromatic heterocycles. The number of aliphatic hydroxyl groups excluding tert-OH is 1. The van der Waals surface area contributed by atoms with Crippen LogP contribution in [0, 0.1) is 6.92 Å². The van der Waals surface area contributed by atoms with Crippen LogP contribution in [-0.2, 0) is 9.59 Å². The molecule has 168 valence electrons. The van der Waals surface area contributed by atoms with Gasteiger partial charge in [-0.3, -0.25) is 14.5 Å². The van der Waals surface area contributed by atoms with Crippen molar-refractivity contribution in [2.75, 3.05) is 11.5 Å². The summed E-state index contributed by atoms with van der Waals surface area (Å²) < 4.78 is 5.60. The van der Waals surface area contributed by atoms with Crippen molar-refractivity contribution < 1.29 is 19.4 Å². The maximum absolute atomic E-state index is 13.2. The number of ketones is 1. The molecule has 1 N–H and O–H groups in total. The Morgan fingerprint density at radius 2 is 1.70 bits per heavy atom. The lowest BCUT2D eigenvalue weighted by Crippen LogP contribution is -2.30. The maximum atomic E-state index is 13.2. The van der Waals surface area contributed by atoms with E-state index >= 15 is 0 Å². The summed E-state index contributed by atoms with van der Waals surface area (Å²) in [4.78, 5) is 27.9. The number of hydrogen-bond donors (Lipinski definition) is 1. The minimum absolute atomic E-state index is 0.0350. The molecule has 6 heteroatoms. The Hall–Kier alpha value is -3.57. The molecule has 1 atom stereocenters. The van der Waals surface area contributed by atoms with Gasteiger partial charge >= 0.3 is 0 Å². The number of amides is 1. The monoisotopic (exact) mass is 461 g/mol. The lowest BCUT2D eigenvalue weighted by atomic mass is 9.95. The largest absolute Gasteiger partial charge is 0.507 e. The third kappa shape index (κ3) is 4.24. The zero-order valence-corrected chi connectivity index (χ0v) is 19.2. The smallest absolute Gasteiger partial charge is 0.300 e. The van der Waals surface area contributed by atoms with Crippen LogP contribution in [0.2, 0.25) is 5.02 Å². The third-order valence-corrected chi connectivity index (χ3v) is 6.07. The summed E-state index contributed by atoms with van der Waals surface area (Å²) in [6, 6.07) is 20.4. The number of carbonyl (C=O) groups excluding carboxylic acids is 2. The molecule has 33 heavy (non-hydrogen) atoms. The van der Waals surface area contributed by atoms with Crippen LogP contribution in [0.15, 0.2) is 78.4 Å². The first kappa shape index (κ1) is 22.6. The van der Waals surface area contributed by atoms with E-state index in [-0.39, 0.29) is 11.3 Å². The van der Waals surface area contributed by atoms with Crippen molar-refractivity contribution in [1.82, 2.24) is 0 Å². The molecule has 0 aliphatic carbocycles. The van der Waals surface area contributed by atoms with Crippen molar-refractivity contribution in [2.24, 2.45) is 0 Å². The van der Waals surface area contributed by atoms with E-state index in [1.54, 1.807) is 49.4 Å². The van der Waals surface area contributed by atoms with Crippen molar-refractivity contribution >= 4 is 34.7 Å². The number of rotatable bonds is 6. The first-order valence-corrected chi connectivity index (χ1v) is 11.2. The number of aliphatic hydroxyl groups is 1. The van der Waals surface area contributed by atoms with Gasteiger partial charge in [-0.1, -0.05) is 54.9 Å². The van der Waals surface area contributed by atoms with E-state index in [1.165, 1.54) is 4.90 Å². The zero-order valence-electron chi connectivity index (χ0n) is 18.4. The van der Waals surface area contributed by atoms with Crippen LogP contribution in [0.3, 0.4) is 0 Å². The van der Waals surface area contributed by atoms with Gasteiger partial charge in [0.05, 0.1) is 18.2 Å². The molecular formula is C27H24ClNO4. The summed E-state index contributed by atoms with van der Waals surface area (Å²) in [6.45, 7) is 4.40.